The average molecular weight is 153 g/mol. The minimum Gasteiger partial charge on any atom is -0.469 e. The molecule has 0 saturated heterocycles. The van der Waals surface area contributed by atoms with Crippen LogP contribution in [0.4, 0.5) is 0 Å². The predicted molar refractivity (Wildman–Crippen MR) is 45.7 cm³/mol. The van der Waals surface area contributed by atoms with Gasteiger partial charge in [-0.15, -0.1) is 0 Å². The fourth-order valence-electron chi connectivity index (χ4n) is 1.06. The molecule has 1 heterocycles. The van der Waals surface area contributed by atoms with Gasteiger partial charge in [0.25, 0.3) is 0 Å². The average Bonchev–Trinajstić information content (AvgIpc) is 2.05. The number of rotatable bonds is 2. The second kappa shape index (κ2) is 3.58. The van der Waals surface area contributed by atoms with Crippen LogP contribution < -0.4 is 5.73 Å². The third kappa shape index (κ3) is 2.09. The Morgan fingerprint density at radius 3 is 2.91 bits per heavy atom. The van der Waals surface area contributed by atoms with Crippen molar-refractivity contribution in [2.24, 2.45) is 17.6 Å². The summed E-state index contributed by atoms with van der Waals surface area (Å²) in [6.45, 7) is 4.86. The van der Waals surface area contributed by atoms with Crippen molar-refractivity contribution in [1.29, 1.82) is 0 Å². The summed E-state index contributed by atoms with van der Waals surface area (Å²) in [5.41, 5.74) is 5.44. The van der Waals surface area contributed by atoms with Crippen molar-refractivity contribution >= 4 is 0 Å². The summed E-state index contributed by atoms with van der Waals surface area (Å²) in [5.74, 6) is 1.99. The van der Waals surface area contributed by atoms with Crippen LogP contribution in [0.15, 0.2) is 24.2 Å². The van der Waals surface area contributed by atoms with Crippen LogP contribution in [-0.4, -0.2) is 6.54 Å². The Labute approximate surface area is 67.7 Å². The number of nitrogens with two attached hydrogens (primary N) is 1. The van der Waals surface area contributed by atoms with Crippen molar-refractivity contribution in [3.05, 3.63) is 24.2 Å². The highest BCUT2D eigenvalue weighted by Crippen LogP contribution is 2.20. The second-order valence-electron chi connectivity index (χ2n) is 3.10. The molecule has 0 fully saturated rings. The quantitative estimate of drug-likeness (QED) is 0.654. The van der Waals surface area contributed by atoms with Crippen molar-refractivity contribution in [2.45, 2.75) is 13.8 Å². The lowest BCUT2D eigenvalue weighted by Crippen LogP contribution is -2.12. The largest absolute Gasteiger partial charge is 0.469 e. The van der Waals surface area contributed by atoms with Gasteiger partial charge in [-0.25, -0.2) is 0 Å². The lowest BCUT2D eigenvalue weighted by molar-refractivity contribution is 0.318. The van der Waals surface area contributed by atoms with E-state index in [-0.39, 0.29) is 0 Å². The van der Waals surface area contributed by atoms with Gasteiger partial charge >= 0.3 is 0 Å². The van der Waals surface area contributed by atoms with Crippen molar-refractivity contribution < 1.29 is 4.74 Å². The van der Waals surface area contributed by atoms with Crippen LogP contribution in [-0.2, 0) is 4.74 Å². The van der Waals surface area contributed by atoms with Crippen LogP contribution in [0.5, 0.6) is 0 Å². The van der Waals surface area contributed by atoms with Crippen LogP contribution in [0.25, 0.3) is 0 Å². The van der Waals surface area contributed by atoms with Gasteiger partial charge in [0.05, 0.1) is 12.8 Å². The third-order valence-corrected chi connectivity index (χ3v) is 1.87. The van der Waals surface area contributed by atoms with Crippen LogP contribution in [0.2, 0.25) is 0 Å². The molecule has 0 aromatic carbocycles. The van der Waals surface area contributed by atoms with Gasteiger partial charge in [-0.2, -0.15) is 0 Å². The molecular formula is C9H15NO. The molecule has 0 radical (unpaired) electrons. The first kappa shape index (κ1) is 8.34. The van der Waals surface area contributed by atoms with Crippen molar-refractivity contribution in [3.8, 4) is 0 Å². The third-order valence-electron chi connectivity index (χ3n) is 1.87. The molecule has 1 unspecified atom stereocenters. The van der Waals surface area contributed by atoms with E-state index in [0.717, 1.165) is 5.76 Å². The van der Waals surface area contributed by atoms with Crippen LogP contribution in [0.1, 0.15) is 13.8 Å². The molecule has 0 aromatic heterocycles. The highest BCUT2D eigenvalue weighted by molar-refractivity contribution is 5.10. The fraction of sp³-hybridized carbons (Fsp3) is 0.556. The molecule has 0 spiro atoms. The first-order valence-corrected chi connectivity index (χ1v) is 3.98. The number of hydrogen-bond donors (Lipinski definition) is 1. The van der Waals surface area contributed by atoms with E-state index in [1.807, 2.05) is 0 Å². The van der Waals surface area contributed by atoms with E-state index in [2.05, 4.69) is 26.0 Å². The maximum absolute atomic E-state index is 5.44. The molecular weight excluding hydrogens is 138 g/mol. The number of ether oxygens (including phenoxy) is 1. The Kier molecular flexibility index (Phi) is 2.71. The minimum atomic E-state index is 0.488. The summed E-state index contributed by atoms with van der Waals surface area (Å²) in [6, 6.07) is 0. The van der Waals surface area contributed by atoms with Crippen LogP contribution in [0.3, 0.4) is 0 Å². The zero-order valence-electron chi connectivity index (χ0n) is 7.08. The normalized spacial score (nSPS) is 23.3. The summed E-state index contributed by atoms with van der Waals surface area (Å²) >= 11 is 0. The van der Waals surface area contributed by atoms with Gasteiger partial charge in [-0.05, 0) is 18.1 Å². The molecule has 1 aliphatic rings. The highest BCUT2D eigenvalue weighted by atomic mass is 16.5. The molecule has 62 valence electrons. The second-order valence-corrected chi connectivity index (χ2v) is 3.10. The van der Waals surface area contributed by atoms with Gasteiger partial charge in [0.1, 0.15) is 5.76 Å². The Morgan fingerprint density at radius 2 is 2.36 bits per heavy atom. The summed E-state index contributed by atoms with van der Waals surface area (Å²) in [7, 11) is 0. The zero-order valence-corrected chi connectivity index (χ0v) is 7.08. The standard InChI is InChI=1S/C9H15NO/c1-7(2)8-3-4-11-9(5-8)6-10/h3-5,7-8H,6,10H2,1-2H3. The molecule has 1 rings (SSSR count). The SMILES string of the molecule is CC(C)C1C=COC(CN)=C1. The Morgan fingerprint density at radius 1 is 1.64 bits per heavy atom. The van der Waals surface area contributed by atoms with E-state index in [4.69, 9.17) is 10.5 Å². The number of allylic oxidation sites excluding steroid dienone is 2. The first-order valence-electron chi connectivity index (χ1n) is 3.98. The molecule has 1 aliphatic heterocycles. The van der Waals surface area contributed by atoms with Crippen LogP contribution in [0, 0.1) is 11.8 Å². The molecule has 0 saturated carbocycles. The van der Waals surface area contributed by atoms with Gasteiger partial charge in [0, 0.05) is 5.92 Å². The Balaban J connectivity index is 2.61. The summed E-state index contributed by atoms with van der Waals surface area (Å²) in [6.07, 6.45) is 5.88. The van der Waals surface area contributed by atoms with E-state index < -0.39 is 0 Å². The van der Waals surface area contributed by atoms with Gasteiger partial charge in [0.15, 0.2) is 0 Å². The molecule has 2 N–H and O–H groups in total. The van der Waals surface area contributed by atoms with Gasteiger partial charge in [0.2, 0.25) is 0 Å². The van der Waals surface area contributed by atoms with Crippen molar-refractivity contribution in [3.63, 3.8) is 0 Å². The van der Waals surface area contributed by atoms with Crippen LogP contribution >= 0.6 is 0 Å². The van der Waals surface area contributed by atoms with Crippen molar-refractivity contribution in [2.75, 3.05) is 6.54 Å². The van der Waals surface area contributed by atoms with E-state index in [1.54, 1.807) is 6.26 Å². The van der Waals surface area contributed by atoms with Gasteiger partial charge < -0.3 is 10.5 Å². The Bertz CT molecular complexity index is 182. The maximum atomic E-state index is 5.44. The smallest absolute Gasteiger partial charge is 0.113 e. The lowest BCUT2D eigenvalue weighted by Gasteiger charge is -2.18. The van der Waals surface area contributed by atoms with E-state index in [0.29, 0.717) is 18.4 Å². The topological polar surface area (TPSA) is 35.2 Å². The molecule has 2 nitrogen and oxygen atoms in total. The molecule has 0 aliphatic carbocycles. The van der Waals surface area contributed by atoms with E-state index in [1.165, 1.54) is 0 Å². The molecule has 1 atom stereocenters. The highest BCUT2D eigenvalue weighted by Gasteiger charge is 2.11. The Hall–Kier alpha value is -0.760. The lowest BCUT2D eigenvalue weighted by atomic mass is 9.94. The fourth-order valence-corrected chi connectivity index (χ4v) is 1.06. The summed E-state index contributed by atoms with van der Waals surface area (Å²) < 4.78 is 5.16. The first-order chi connectivity index (χ1) is 5.24. The van der Waals surface area contributed by atoms with Crippen molar-refractivity contribution in [1.82, 2.24) is 0 Å². The van der Waals surface area contributed by atoms with Gasteiger partial charge in [-0.3, -0.25) is 0 Å². The zero-order chi connectivity index (χ0) is 8.27. The summed E-state index contributed by atoms with van der Waals surface area (Å²) in [4.78, 5) is 0. The van der Waals surface area contributed by atoms with E-state index >= 15 is 0 Å². The molecule has 2 heteroatoms. The monoisotopic (exact) mass is 153 g/mol. The van der Waals surface area contributed by atoms with Gasteiger partial charge in [-0.1, -0.05) is 13.8 Å². The molecule has 0 amide bonds. The molecule has 11 heavy (non-hydrogen) atoms. The van der Waals surface area contributed by atoms with E-state index in [9.17, 15) is 0 Å². The minimum absolute atomic E-state index is 0.488. The molecule has 0 aromatic rings. The summed E-state index contributed by atoms with van der Waals surface area (Å²) in [5, 5.41) is 0. The maximum Gasteiger partial charge on any atom is 0.113 e. The number of hydrogen-bond acceptors (Lipinski definition) is 2. The molecule has 0 bridgehead atoms. The predicted octanol–water partition coefficient (Wildman–Crippen LogP) is 1.65.